The molecular formula is C36H52F8N8O60P12. The SMILES string of the molecule is O=c1[nH]c(=O)n([C@@H]2O[C@](F)(COP(=O)(O)OP(=O)(O)OP(=O)(O)O)[C@@H](O)[C@H]2O)cc1F.[2H]C([2H])(OP(=O)(O)OP(=O)(O)OP(=O)(O)O)[C@@]1(F)O[C@@H](n2cc(F)c(=O)[nH]c2=O)[C@H](O)[C@@H]1O.[2H]C([2H])(OP(=O)(O)OP(=O)(O)OP(=O)(O)O)[C@@]1(F)O[C@@]([2H])(n2cc(F)c(=O)[nH]c2=O)[C@H](O)[C@@H]1O.[2H][C@@]1(n2cc(F)c(=O)[nH]c2=O)O[C@](F)(COP(=O)(O)OP(=O)(O)OP(=O)(O)O)[C@@H](O)[C@H]1O. The van der Waals surface area contributed by atoms with Crippen LogP contribution in [0.25, 0.3) is 0 Å². The van der Waals surface area contributed by atoms with Crippen molar-refractivity contribution in [1.82, 2.24) is 38.2 Å². The monoisotopic (exact) mass is 2090 g/mol. The number of aromatic amines is 4. The van der Waals surface area contributed by atoms with Crippen LogP contribution in [0.2, 0.25) is 0 Å². The highest BCUT2D eigenvalue weighted by Gasteiger charge is 2.62. The van der Waals surface area contributed by atoms with Crippen molar-refractivity contribution < 1.29 is 289 Å². The Kier molecular flexibility index (Phi) is 31.7. The van der Waals surface area contributed by atoms with Crippen LogP contribution in [0, 0.1) is 23.3 Å². The number of nitrogens with zero attached hydrogens (tertiary/aromatic N) is 4. The molecule has 0 aromatic carbocycles. The Bertz CT molecular complexity index is 6120. The minimum atomic E-state index is -6.41. The third kappa shape index (κ3) is 30.7. The fraction of sp³-hybridized carbons (Fsp3) is 0.556. The van der Waals surface area contributed by atoms with Crippen molar-refractivity contribution in [2.45, 2.75) is 97.1 Å². The Hall–Kier alpha value is -4.68. The van der Waals surface area contributed by atoms with E-state index in [1.807, 2.05) is 0 Å². The predicted octanol–water partition coefficient (Wildman–Crippen LogP) is -8.26. The van der Waals surface area contributed by atoms with Gasteiger partial charge in [0.2, 0.25) is 23.3 Å². The van der Waals surface area contributed by atoms with Crippen molar-refractivity contribution >= 4 is 93.9 Å². The first-order chi connectivity index (χ1) is 57.6. The lowest BCUT2D eigenvalue weighted by Gasteiger charge is -2.24. The highest BCUT2D eigenvalue weighted by atomic mass is 31.3. The second-order valence-electron chi connectivity index (χ2n) is 22.2. The van der Waals surface area contributed by atoms with E-state index in [0.717, 1.165) is 0 Å². The molecule has 68 nitrogen and oxygen atoms in total. The minimum absolute atomic E-state index is 0.0210. The second kappa shape index (κ2) is 39.4. The van der Waals surface area contributed by atoms with Gasteiger partial charge in [0.25, 0.3) is 45.7 Å². The molecule has 8 rings (SSSR count). The standard InChI is InChI=1S/4C9H13F2N2O15P3/c4*10-3-1-13(8(17)12-6(3)16)7-4(14)5(15)9(11,26-7)2-25-30(21,22)28-31(23,24)27-29(18,19)20/h4*1,4-5,7,14-15H,2H2,(H,21,22)(H,23,24)(H,12,16,17)(H2,18,19,20)/t4*4-,5+,7-,9-/m1111/s1/i2D2,7D;7D;2D2;. The molecule has 4 aromatic rings. The molecule has 124 heavy (non-hydrogen) atoms. The molecule has 24 atom stereocenters. The summed E-state index contributed by atoms with van der Waals surface area (Å²) in [6.45, 7) is -12.8. The van der Waals surface area contributed by atoms with Gasteiger partial charge in [0, 0.05) is 0 Å². The molecule has 0 aliphatic carbocycles. The molecule has 0 amide bonds. The van der Waals surface area contributed by atoms with E-state index in [9.17, 15) is 180 Å². The number of H-pyrrole nitrogens is 4. The first-order valence-electron chi connectivity index (χ1n) is 31.9. The van der Waals surface area contributed by atoms with Gasteiger partial charge in [-0.05, 0) is 0 Å². The number of nitrogens with one attached hydrogen (secondary N) is 4. The van der Waals surface area contributed by atoms with Crippen molar-refractivity contribution in [2.75, 3.05) is 26.3 Å². The van der Waals surface area contributed by atoms with Gasteiger partial charge >= 0.3 is 117 Å². The lowest BCUT2D eigenvalue weighted by molar-refractivity contribution is -0.205. The summed E-state index contributed by atoms with van der Waals surface area (Å²) in [5.41, 5.74) is -12.5. The molecule has 4 aromatic heterocycles. The lowest BCUT2D eigenvalue weighted by atomic mass is 10.1. The van der Waals surface area contributed by atoms with Crippen molar-refractivity contribution in [2.24, 2.45) is 0 Å². The maximum Gasteiger partial charge on any atom is 0.490 e. The number of ether oxygens (including phenoxy) is 4. The second-order valence-corrected chi connectivity index (χ2v) is 39.7. The maximum absolute atomic E-state index is 15.4. The molecule has 8 unspecified atom stereocenters. The summed E-state index contributed by atoms with van der Waals surface area (Å²) in [5, 5.41) is 79.2. The fourth-order valence-electron chi connectivity index (χ4n) is 8.24. The van der Waals surface area contributed by atoms with Gasteiger partial charge in [-0.3, -0.25) is 75.5 Å². The molecule has 8 heterocycles. The number of aliphatic hydroxyl groups excluding tert-OH is 8. The molecule has 4 aliphatic rings. The molecule has 0 saturated carbocycles. The number of alkyl halides is 4. The molecular weight excluding hydrogens is 2030 g/mol. The van der Waals surface area contributed by atoms with Gasteiger partial charge in [0.15, 0.2) is 24.9 Å². The van der Waals surface area contributed by atoms with Gasteiger partial charge in [0.1, 0.15) is 75.2 Å². The van der Waals surface area contributed by atoms with Crippen LogP contribution in [0.4, 0.5) is 35.1 Å². The van der Waals surface area contributed by atoms with E-state index < -0.39 is 286 Å². The first kappa shape index (κ1) is 99.9. The molecule has 0 radical (unpaired) electrons. The Morgan fingerprint density at radius 1 is 0.323 bits per heavy atom. The van der Waals surface area contributed by atoms with Gasteiger partial charge in [-0.15, -0.1) is 0 Å². The number of hydrogen-bond donors (Lipinski definition) is 28. The number of phosphoric ester groups is 4. The van der Waals surface area contributed by atoms with Crippen molar-refractivity contribution in [3.05, 3.63) is 131 Å². The zero-order chi connectivity index (χ0) is 101. The third-order valence-electron chi connectivity index (χ3n) is 12.9. The molecule has 712 valence electrons. The lowest BCUT2D eigenvalue weighted by Crippen LogP contribution is -2.43. The maximum atomic E-state index is 15.4. The third-order valence-corrected chi connectivity index (χ3v) is 27.8. The molecule has 0 bridgehead atoms. The Morgan fingerprint density at radius 3 is 0.798 bits per heavy atom. The molecule has 4 aliphatic heterocycles. The smallest absolute Gasteiger partial charge is 0.385 e. The summed E-state index contributed by atoms with van der Waals surface area (Å²) < 4.78 is 353. The van der Waals surface area contributed by atoms with E-state index >= 15 is 8.78 Å². The molecule has 28 N–H and O–H groups in total. The van der Waals surface area contributed by atoms with Crippen LogP contribution in [0.5, 0.6) is 0 Å². The quantitative estimate of drug-likeness (QED) is 0.0159. The van der Waals surface area contributed by atoms with Crippen LogP contribution in [-0.4, -0.2) is 256 Å². The predicted molar refractivity (Wildman–Crippen MR) is 348 cm³/mol. The van der Waals surface area contributed by atoms with Crippen LogP contribution in [-0.2, 0) is 126 Å². The van der Waals surface area contributed by atoms with Crippen molar-refractivity contribution in [3.8, 4) is 0 Å². The van der Waals surface area contributed by atoms with E-state index in [4.69, 9.17) is 66.9 Å². The number of rotatable bonds is 32. The molecule has 4 saturated heterocycles. The van der Waals surface area contributed by atoms with Gasteiger partial charge in [-0.1, -0.05) is 0 Å². The number of phosphoric acid groups is 12. The van der Waals surface area contributed by atoms with Crippen molar-refractivity contribution in [3.63, 3.8) is 0 Å². The summed E-state index contributed by atoms with van der Waals surface area (Å²) in [6, 6.07) is 0. The van der Waals surface area contributed by atoms with Crippen LogP contribution in [0.1, 0.15) is 33.1 Å². The number of halogens is 8. The highest BCUT2D eigenvalue weighted by molar-refractivity contribution is 7.68. The molecule has 88 heteroatoms. The molecule has 0 spiro atoms. The number of hydrogen-bond acceptors (Lipinski definition) is 44. The summed E-state index contributed by atoms with van der Waals surface area (Å²) >= 11 is 0. The van der Waals surface area contributed by atoms with Crippen LogP contribution >= 0.6 is 93.9 Å². The summed E-state index contributed by atoms with van der Waals surface area (Å²) in [6.07, 6.45) is -34.0. The topological polar surface area (TPSA) is 1060 Å². The Labute approximate surface area is 674 Å². The minimum Gasteiger partial charge on any atom is -0.385 e. The first-order valence-corrected chi connectivity index (χ1v) is 47.0. The Morgan fingerprint density at radius 2 is 0.524 bits per heavy atom. The van der Waals surface area contributed by atoms with E-state index in [1.165, 1.54) is 19.9 Å². The largest absolute Gasteiger partial charge is 0.490 e. The zero-order valence-electron chi connectivity index (χ0n) is 63.1. The van der Waals surface area contributed by atoms with Gasteiger partial charge < -0.3 is 138 Å². The summed E-state index contributed by atoms with van der Waals surface area (Å²) in [7, 11) is -71.8. The van der Waals surface area contributed by atoms with E-state index in [-0.39, 0.29) is 43.1 Å². The fourth-order valence-corrected chi connectivity index (χ4v) is 20.1. The van der Waals surface area contributed by atoms with Crippen molar-refractivity contribution in [1.29, 1.82) is 0 Å². The van der Waals surface area contributed by atoms with Gasteiger partial charge in [-0.25, -0.2) is 91.5 Å². The van der Waals surface area contributed by atoms with E-state index in [0.29, 0.717) is 0 Å². The average Bonchev–Trinajstić information content (AvgIpc) is 1.56. The summed E-state index contributed by atoms with van der Waals surface area (Å²) in [4.78, 5) is 238. The van der Waals surface area contributed by atoms with Crippen LogP contribution in [0.15, 0.2) is 63.1 Å². The zero-order valence-corrected chi connectivity index (χ0v) is 67.8. The van der Waals surface area contributed by atoms with E-state index in [2.05, 4.69) is 71.5 Å². The van der Waals surface area contributed by atoms with Crippen LogP contribution in [0.3, 0.4) is 0 Å². The number of aromatic nitrogens is 8. The summed E-state index contributed by atoms with van der Waals surface area (Å²) in [5.74, 6) is -23.2. The molecule has 4 fully saturated rings. The Balaban J connectivity index is 0.000000307. The van der Waals surface area contributed by atoms with Gasteiger partial charge in [0.05, 0.1) is 33.0 Å². The normalized spacial score (nSPS) is 32.8. The van der Waals surface area contributed by atoms with E-state index in [1.54, 1.807) is 0 Å². The number of aliphatic hydroxyl groups is 8. The highest BCUT2D eigenvalue weighted by Crippen LogP contribution is 2.70. The van der Waals surface area contributed by atoms with Crippen LogP contribution < -0.4 is 45.0 Å². The average molecular weight is 2090 g/mol. The van der Waals surface area contributed by atoms with Gasteiger partial charge in [-0.2, -0.15) is 52.0 Å².